The molecular weight excluding hydrogens is 211 g/mol. The third-order valence-electron chi connectivity index (χ3n) is 2.00. The van der Waals surface area contributed by atoms with Gasteiger partial charge in [0, 0.05) is 5.56 Å². The first-order valence-corrected chi connectivity index (χ1v) is 4.63. The first-order chi connectivity index (χ1) is 7.79. The van der Waals surface area contributed by atoms with Gasteiger partial charge in [0.25, 0.3) is 0 Å². The molecule has 0 radical (unpaired) electrons. The van der Waals surface area contributed by atoms with E-state index in [9.17, 15) is 4.39 Å². The van der Waals surface area contributed by atoms with E-state index in [1.807, 2.05) is 0 Å². The van der Waals surface area contributed by atoms with Crippen LogP contribution in [0.1, 0.15) is 5.56 Å². The fourth-order valence-electron chi connectivity index (χ4n) is 1.25. The number of benzene rings is 1. The van der Waals surface area contributed by atoms with Crippen molar-refractivity contribution in [1.29, 1.82) is 0 Å². The summed E-state index contributed by atoms with van der Waals surface area (Å²) in [7, 11) is 0. The molecule has 2 aromatic rings. The molecule has 0 bridgehead atoms. The van der Waals surface area contributed by atoms with Crippen molar-refractivity contribution in [2.75, 3.05) is 6.61 Å². The van der Waals surface area contributed by atoms with Gasteiger partial charge >= 0.3 is 0 Å². The van der Waals surface area contributed by atoms with Gasteiger partial charge in [0.2, 0.25) is 12.2 Å². The predicted octanol–water partition coefficient (Wildman–Crippen LogP) is 2.04. The summed E-state index contributed by atoms with van der Waals surface area (Å²) in [4.78, 5) is 3.89. The van der Waals surface area contributed by atoms with Crippen molar-refractivity contribution in [3.05, 3.63) is 42.0 Å². The number of nitrogens with zero attached hydrogens (tertiary/aromatic N) is 2. The zero-order chi connectivity index (χ0) is 11.4. The van der Waals surface area contributed by atoms with Crippen LogP contribution in [-0.4, -0.2) is 21.9 Å². The van der Waals surface area contributed by atoms with Crippen LogP contribution in [0.15, 0.2) is 41.0 Å². The van der Waals surface area contributed by atoms with E-state index in [1.165, 1.54) is 12.5 Å². The van der Waals surface area contributed by atoms with Crippen LogP contribution in [-0.2, 0) is 0 Å². The third kappa shape index (κ3) is 2.32. The van der Waals surface area contributed by atoms with Crippen LogP contribution in [0.2, 0.25) is 0 Å². The van der Waals surface area contributed by atoms with Gasteiger partial charge in [-0.2, -0.15) is 4.98 Å². The molecule has 0 amide bonds. The predicted molar refractivity (Wildman–Crippen MR) is 55.9 cm³/mol. The SMILES string of the molecule is OC/C(F)=C\c1ccc(-c2ncon2)cc1. The highest BCUT2D eigenvalue weighted by Crippen LogP contribution is 2.16. The van der Waals surface area contributed by atoms with E-state index in [-0.39, 0.29) is 0 Å². The summed E-state index contributed by atoms with van der Waals surface area (Å²) in [5.74, 6) is -0.0922. The average molecular weight is 220 g/mol. The monoisotopic (exact) mass is 220 g/mol. The third-order valence-corrected chi connectivity index (χ3v) is 2.00. The lowest BCUT2D eigenvalue weighted by molar-refractivity contribution is 0.300. The molecule has 0 unspecified atom stereocenters. The van der Waals surface area contributed by atoms with Gasteiger partial charge in [0.05, 0.1) is 6.61 Å². The maximum absolute atomic E-state index is 12.8. The van der Waals surface area contributed by atoms with E-state index in [2.05, 4.69) is 14.7 Å². The Labute approximate surface area is 91.0 Å². The average Bonchev–Trinajstić information content (AvgIpc) is 2.83. The van der Waals surface area contributed by atoms with E-state index < -0.39 is 12.4 Å². The topological polar surface area (TPSA) is 59.2 Å². The van der Waals surface area contributed by atoms with Crippen LogP contribution >= 0.6 is 0 Å². The van der Waals surface area contributed by atoms with Gasteiger partial charge < -0.3 is 9.63 Å². The van der Waals surface area contributed by atoms with E-state index in [0.29, 0.717) is 11.4 Å². The van der Waals surface area contributed by atoms with Crippen LogP contribution in [0.3, 0.4) is 0 Å². The second-order valence-corrected chi connectivity index (χ2v) is 3.13. The summed E-state index contributed by atoms with van der Waals surface area (Å²) < 4.78 is 17.4. The minimum atomic E-state index is -0.591. The molecule has 1 aromatic carbocycles. The molecule has 82 valence electrons. The highest BCUT2D eigenvalue weighted by atomic mass is 19.1. The van der Waals surface area contributed by atoms with Crippen LogP contribution < -0.4 is 0 Å². The largest absolute Gasteiger partial charge is 0.389 e. The van der Waals surface area contributed by atoms with Gasteiger partial charge in [-0.1, -0.05) is 29.4 Å². The van der Waals surface area contributed by atoms with E-state index in [1.54, 1.807) is 24.3 Å². The minimum Gasteiger partial charge on any atom is -0.389 e. The summed E-state index contributed by atoms with van der Waals surface area (Å²) in [6, 6.07) is 6.92. The molecule has 5 heteroatoms. The maximum Gasteiger partial charge on any atom is 0.214 e. The molecule has 2 rings (SSSR count). The van der Waals surface area contributed by atoms with E-state index in [0.717, 1.165) is 5.56 Å². The van der Waals surface area contributed by atoms with Crippen LogP contribution in [0.5, 0.6) is 0 Å². The number of hydrogen-bond donors (Lipinski definition) is 1. The Hall–Kier alpha value is -2.01. The minimum absolute atomic E-state index is 0.484. The quantitative estimate of drug-likeness (QED) is 0.859. The molecule has 0 spiro atoms. The molecule has 1 heterocycles. The molecule has 1 N–H and O–H groups in total. The Morgan fingerprint density at radius 3 is 2.69 bits per heavy atom. The first kappa shape index (κ1) is 10.5. The molecule has 0 aliphatic rings. The van der Waals surface area contributed by atoms with Crippen molar-refractivity contribution in [3.63, 3.8) is 0 Å². The lowest BCUT2D eigenvalue weighted by Crippen LogP contribution is -1.83. The summed E-state index contributed by atoms with van der Waals surface area (Å²) in [5, 5.41) is 12.2. The number of rotatable bonds is 3. The van der Waals surface area contributed by atoms with Crippen molar-refractivity contribution in [2.24, 2.45) is 0 Å². The van der Waals surface area contributed by atoms with Crippen molar-refractivity contribution in [2.45, 2.75) is 0 Å². The molecular formula is C11H9FN2O2. The highest BCUT2D eigenvalue weighted by molar-refractivity contribution is 5.59. The van der Waals surface area contributed by atoms with Gasteiger partial charge in [-0.3, -0.25) is 0 Å². The molecule has 0 aliphatic heterocycles. The highest BCUT2D eigenvalue weighted by Gasteiger charge is 2.02. The van der Waals surface area contributed by atoms with Gasteiger partial charge in [-0.15, -0.1) is 0 Å². The second-order valence-electron chi connectivity index (χ2n) is 3.13. The molecule has 16 heavy (non-hydrogen) atoms. The Kier molecular flexibility index (Phi) is 3.07. The Bertz CT molecular complexity index is 477. The van der Waals surface area contributed by atoms with Crippen LogP contribution in [0.4, 0.5) is 4.39 Å². The Morgan fingerprint density at radius 1 is 1.38 bits per heavy atom. The summed E-state index contributed by atoms with van der Waals surface area (Å²) >= 11 is 0. The molecule has 0 fully saturated rings. The number of aliphatic hydroxyl groups is 1. The standard InChI is InChI=1S/C11H9FN2O2/c12-10(6-15)5-8-1-3-9(4-2-8)11-13-7-16-14-11/h1-5,7,15H,6H2/b10-5+. The molecule has 0 saturated heterocycles. The Balaban J connectivity index is 2.23. The summed E-state index contributed by atoms with van der Waals surface area (Å²) in [5.41, 5.74) is 1.45. The number of aromatic nitrogens is 2. The second kappa shape index (κ2) is 4.67. The maximum atomic E-state index is 12.8. The van der Waals surface area contributed by atoms with Gasteiger partial charge in [0.15, 0.2) is 0 Å². The number of aliphatic hydroxyl groups excluding tert-OH is 1. The summed E-state index contributed by atoms with van der Waals surface area (Å²) in [6.45, 7) is -0.591. The van der Waals surface area contributed by atoms with Crippen LogP contribution in [0.25, 0.3) is 17.5 Å². The molecule has 0 aliphatic carbocycles. The van der Waals surface area contributed by atoms with Crippen molar-refractivity contribution in [1.82, 2.24) is 10.1 Å². The van der Waals surface area contributed by atoms with Crippen molar-refractivity contribution >= 4 is 6.08 Å². The van der Waals surface area contributed by atoms with E-state index >= 15 is 0 Å². The lowest BCUT2D eigenvalue weighted by atomic mass is 10.1. The van der Waals surface area contributed by atoms with E-state index in [4.69, 9.17) is 5.11 Å². The molecule has 1 aromatic heterocycles. The number of hydrogen-bond acceptors (Lipinski definition) is 4. The van der Waals surface area contributed by atoms with Crippen molar-refractivity contribution in [3.8, 4) is 11.4 Å². The zero-order valence-corrected chi connectivity index (χ0v) is 8.30. The van der Waals surface area contributed by atoms with Gasteiger partial charge in [-0.25, -0.2) is 4.39 Å². The van der Waals surface area contributed by atoms with Gasteiger partial charge in [-0.05, 0) is 11.6 Å². The Morgan fingerprint density at radius 2 is 2.12 bits per heavy atom. The summed E-state index contributed by atoms with van der Waals surface area (Å²) in [6.07, 6.45) is 2.51. The molecule has 0 saturated carbocycles. The van der Waals surface area contributed by atoms with Gasteiger partial charge in [0.1, 0.15) is 5.83 Å². The lowest BCUT2D eigenvalue weighted by Gasteiger charge is -1.96. The fourth-order valence-corrected chi connectivity index (χ4v) is 1.25. The molecule has 4 nitrogen and oxygen atoms in total. The number of halogens is 1. The molecule has 0 atom stereocenters. The first-order valence-electron chi connectivity index (χ1n) is 4.63. The van der Waals surface area contributed by atoms with Crippen molar-refractivity contribution < 1.29 is 14.0 Å². The smallest absolute Gasteiger partial charge is 0.214 e. The fraction of sp³-hybridized carbons (Fsp3) is 0.0909. The zero-order valence-electron chi connectivity index (χ0n) is 8.30. The normalized spacial score (nSPS) is 11.8. The van der Waals surface area contributed by atoms with Crippen LogP contribution in [0, 0.1) is 0 Å².